The lowest BCUT2D eigenvalue weighted by atomic mass is 9.82. The summed E-state index contributed by atoms with van der Waals surface area (Å²) in [6, 6.07) is 15.2. The maximum Gasteiger partial charge on any atom is 0.198 e. The minimum Gasteiger partial charge on any atom is -0.349 e. The molecule has 2 nitrogen and oxygen atoms in total. The molecule has 0 aliphatic rings. The topological polar surface area (TPSA) is 18.5 Å². The zero-order chi connectivity index (χ0) is 21.0. The summed E-state index contributed by atoms with van der Waals surface area (Å²) in [5.41, 5.74) is 1.19. The molecule has 0 saturated heterocycles. The van der Waals surface area contributed by atoms with Gasteiger partial charge >= 0.3 is 0 Å². The smallest absolute Gasteiger partial charge is 0.198 e. The predicted octanol–water partition coefficient (Wildman–Crippen LogP) is 8.23. The average molecular weight is 399 g/mol. The Labute approximate surface area is 179 Å². The second kappa shape index (κ2) is 13.0. The number of hydrogen-bond donors (Lipinski definition) is 0. The highest BCUT2D eigenvalue weighted by Gasteiger charge is 2.42. The van der Waals surface area contributed by atoms with Gasteiger partial charge in [-0.1, -0.05) is 108 Å². The van der Waals surface area contributed by atoms with Crippen molar-refractivity contribution in [2.75, 3.05) is 13.7 Å². The van der Waals surface area contributed by atoms with E-state index in [1.54, 1.807) is 0 Å². The lowest BCUT2D eigenvalue weighted by Gasteiger charge is -2.41. The number of fused-ring (bicyclic) bond motifs is 1. The molecule has 0 aromatic heterocycles. The van der Waals surface area contributed by atoms with Crippen LogP contribution in [0.25, 0.3) is 10.8 Å². The Bertz CT molecular complexity index is 691. The second-order valence-electron chi connectivity index (χ2n) is 8.29. The Hall–Kier alpha value is -1.38. The molecular formula is C27H42O2. The Balaban J connectivity index is 2.33. The molecule has 162 valence electrons. The van der Waals surface area contributed by atoms with Crippen LogP contribution in [0.2, 0.25) is 0 Å². The molecule has 0 heterocycles. The quantitative estimate of drug-likeness (QED) is 0.222. The first kappa shape index (κ1) is 23.9. The Morgan fingerprint density at radius 2 is 1.48 bits per heavy atom. The third-order valence-corrected chi connectivity index (χ3v) is 6.07. The normalized spacial score (nSPS) is 14.8. The zero-order valence-electron chi connectivity index (χ0n) is 19.2. The first-order valence-corrected chi connectivity index (χ1v) is 11.9. The number of unbranched alkanes of at least 4 members (excludes halogenated alkanes) is 5. The van der Waals surface area contributed by atoms with Gasteiger partial charge in [0.1, 0.15) is 0 Å². The highest BCUT2D eigenvalue weighted by atomic mass is 16.7. The average Bonchev–Trinajstić information content (AvgIpc) is 2.76. The number of methoxy groups -OCH3 is 1. The van der Waals surface area contributed by atoms with E-state index in [2.05, 4.69) is 63.2 Å². The van der Waals surface area contributed by atoms with E-state index in [9.17, 15) is 0 Å². The third-order valence-electron chi connectivity index (χ3n) is 6.07. The van der Waals surface area contributed by atoms with Gasteiger partial charge in [-0.05, 0) is 30.0 Å². The Morgan fingerprint density at radius 1 is 0.759 bits per heavy atom. The van der Waals surface area contributed by atoms with Crippen molar-refractivity contribution in [3.8, 4) is 0 Å². The second-order valence-corrected chi connectivity index (χ2v) is 8.29. The minimum absolute atomic E-state index is 0.362. The van der Waals surface area contributed by atoms with Crippen molar-refractivity contribution in [1.29, 1.82) is 0 Å². The molecule has 2 rings (SSSR count). The standard InChI is InChI=1S/C27H42O2/c1-5-8-9-10-11-12-19-24(16-6-2)27(28-4,29-22-7-3)26-21-15-18-23-17-13-14-20-25(23)26/h13-15,17-18,20-21,24H,5-12,16,19,22H2,1-4H3. The van der Waals surface area contributed by atoms with Gasteiger partial charge in [-0.25, -0.2) is 0 Å². The van der Waals surface area contributed by atoms with E-state index in [4.69, 9.17) is 9.47 Å². The molecule has 0 spiro atoms. The van der Waals surface area contributed by atoms with Crippen LogP contribution in [0.15, 0.2) is 42.5 Å². The van der Waals surface area contributed by atoms with Crippen molar-refractivity contribution < 1.29 is 9.47 Å². The zero-order valence-corrected chi connectivity index (χ0v) is 19.2. The van der Waals surface area contributed by atoms with Gasteiger partial charge in [0.2, 0.25) is 0 Å². The first-order chi connectivity index (χ1) is 14.2. The summed E-state index contributed by atoms with van der Waals surface area (Å²) < 4.78 is 12.9. The third kappa shape index (κ3) is 6.30. The molecule has 29 heavy (non-hydrogen) atoms. The van der Waals surface area contributed by atoms with E-state index in [0.29, 0.717) is 12.5 Å². The maximum atomic E-state index is 6.61. The van der Waals surface area contributed by atoms with Crippen LogP contribution in [0.1, 0.15) is 90.5 Å². The van der Waals surface area contributed by atoms with Crippen molar-refractivity contribution in [1.82, 2.24) is 0 Å². The summed E-state index contributed by atoms with van der Waals surface area (Å²) in [6.07, 6.45) is 12.3. The predicted molar refractivity (Wildman–Crippen MR) is 125 cm³/mol. The van der Waals surface area contributed by atoms with Gasteiger partial charge in [0.15, 0.2) is 5.79 Å². The Morgan fingerprint density at radius 3 is 2.21 bits per heavy atom. The van der Waals surface area contributed by atoms with Crippen LogP contribution in [0.5, 0.6) is 0 Å². The van der Waals surface area contributed by atoms with Crippen LogP contribution in [-0.4, -0.2) is 13.7 Å². The van der Waals surface area contributed by atoms with Gasteiger partial charge in [-0.3, -0.25) is 0 Å². The van der Waals surface area contributed by atoms with Gasteiger partial charge in [-0.2, -0.15) is 0 Å². The van der Waals surface area contributed by atoms with Crippen molar-refractivity contribution in [2.24, 2.45) is 5.92 Å². The van der Waals surface area contributed by atoms with Crippen LogP contribution in [0.3, 0.4) is 0 Å². The number of benzene rings is 2. The number of rotatable bonds is 15. The van der Waals surface area contributed by atoms with Crippen LogP contribution >= 0.6 is 0 Å². The molecule has 2 heteroatoms. The largest absolute Gasteiger partial charge is 0.349 e. The van der Waals surface area contributed by atoms with Crippen LogP contribution < -0.4 is 0 Å². The summed E-state index contributed by atoms with van der Waals surface area (Å²) >= 11 is 0. The summed E-state index contributed by atoms with van der Waals surface area (Å²) in [6.45, 7) is 7.44. The summed E-state index contributed by atoms with van der Waals surface area (Å²) in [5.74, 6) is -0.308. The number of ether oxygens (including phenoxy) is 2. The van der Waals surface area contributed by atoms with E-state index in [0.717, 1.165) is 25.7 Å². The van der Waals surface area contributed by atoms with E-state index in [1.807, 2.05) is 7.11 Å². The van der Waals surface area contributed by atoms with Crippen molar-refractivity contribution in [3.63, 3.8) is 0 Å². The number of hydrogen-bond acceptors (Lipinski definition) is 2. The van der Waals surface area contributed by atoms with Crippen LogP contribution in [0.4, 0.5) is 0 Å². The molecule has 0 radical (unpaired) electrons. The van der Waals surface area contributed by atoms with Gasteiger partial charge in [0, 0.05) is 18.6 Å². The molecule has 0 saturated carbocycles. The summed E-state index contributed by atoms with van der Waals surface area (Å²) in [7, 11) is 1.83. The maximum absolute atomic E-state index is 6.61. The fraction of sp³-hybridized carbons (Fsp3) is 0.630. The fourth-order valence-electron chi connectivity index (χ4n) is 4.58. The molecule has 0 aliphatic carbocycles. The molecule has 2 aromatic rings. The van der Waals surface area contributed by atoms with E-state index >= 15 is 0 Å². The lowest BCUT2D eigenvalue weighted by Crippen LogP contribution is -2.41. The summed E-state index contributed by atoms with van der Waals surface area (Å²) in [5, 5.41) is 2.50. The van der Waals surface area contributed by atoms with E-state index in [-0.39, 0.29) is 0 Å². The SMILES string of the molecule is CCCCCCCCC(CCC)C(OC)(OCCC)c1cccc2ccccc12. The van der Waals surface area contributed by atoms with Crippen LogP contribution in [0, 0.1) is 5.92 Å². The lowest BCUT2D eigenvalue weighted by molar-refractivity contribution is -0.266. The molecule has 2 atom stereocenters. The molecule has 0 amide bonds. The van der Waals surface area contributed by atoms with E-state index in [1.165, 1.54) is 54.9 Å². The fourth-order valence-corrected chi connectivity index (χ4v) is 4.58. The monoisotopic (exact) mass is 398 g/mol. The van der Waals surface area contributed by atoms with Gasteiger partial charge in [0.25, 0.3) is 0 Å². The van der Waals surface area contributed by atoms with Gasteiger partial charge < -0.3 is 9.47 Å². The van der Waals surface area contributed by atoms with Gasteiger partial charge in [-0.15, -0.1) is 0 Å². The van der Waals surface area contributed by atoms with E-state index < -0.39 is 5.79 Å². The van der Waals surface area contributed by atoms with Crippen LogP contribution in [-0.2, 0) is 15.3 Å². The highest BCUT2D eigenvalue weighted by Crippen LogP contribution is 2.43. The molecular weight excluding hydrogens is 356 g/mol. The molecule has 0 bridgehead atoms. The molecule has 0 aliphatic heterocycles. The molecule has 2 unspecified atom stereocenters. The molecule has 2 aromatic carbocycles. The summed E-state index contributed by atoms with van der Waals surface area (Å²) in [4.78, 5) is 0. The Kier molecular flexibility index (Phi) is 10.7. The molecule has 0 N–H and O–H groups in total. The van der Waals surface area contributed by atoms with Crippen molar-refractivity contribution >= 4 is 10.8 Å². The first-order valence-electron chi connectivity index (χ1n) is 11.9. The van der Waals surface area contributed by atoms with Gasteiger partial charge in [0.05, 0.1) is 6.61 Å². The van der Waals surface area contributed by atoms with Crippen molar-refractivity contribution in [2.45, 2.75) is 90.8 Å². The van der Waals surface area contributed by atoms with Crippen molar-refractivity contribution in [3.05, 3.63) is 48.0 Å². The minimum atomic E-state index is -0.670. The highest BCUT2D eigenvalue weighted by molar-refractivity contribution is 5.86. The molecule has 0 fully saturated rings.